The predicted molar refractivity (Wildman–Crippen MR) is 63.2 cm³/mol. The maximum atomic E-state index is 10.7. The molecule has 0 aliphatic carbocycles. The molecule has 0 saturated carbocycles. The number of hydrogen-bond donors (Lipinski definition) is 1. The molecule has 4 nitrogen and oxygen atoms in total. The van der Waals surface area contributed by atoms with Gasteiger partial charge in [-0.1, -0.05) is 11.6 Å². The summed E-state index contributed by atoms with van der Waals surface area (Å²) in [6.07, 6.45) is 5.19. The molecule has 5 heteroatoms. The smallest absolute Gasteiger partial charge is 0.168 e. The molecular weight excluding hydrogens is 226 g/mol. The molecule has 2 aromatic rings. The van der Waals surface area contributed by atoms with Gasteiger partial charge in [-0.15, -0.1) is 0 Å². The molecule has 0 spiro atoms. The fourth-order valence-electron chi connectivity index (χ4n) is 1.48. The topological polar surface area (TPSA) is 68.9 Å². The van der Waals surface area contributed by atoms with E-state index in [0.29, 0.717) is 28.2 Å². The van der Waals surface area contributed by atoms with E-state index in [9.17, 15) is 4.79 Å². The first-order valence-electron chi connectivity index (χ1n) is 4.55. The minimum Gasteiger partial charge on any atom is -0.405 e. The third-order valence-corrected chi connectivity index (χ3v) is 2.41. The zero-order valence-corrected chi connectivity index (χ0v) is 8.98. The molecule has 0 fully saturated rings. The van der Waals surface area contributed by atoms with Crippen LogP contribution in [0.3, 0.4) is 0 Å². The summed E-state index contributed by atoms with van der Waals surface area (Å²) in [7, 11) is 0. The van der Waals surface area contributed by atoms with Crippen LogP contribution in [0, 0.1) is 0 Å². The Hall–Kier alpha value is -1.94. The Morgan fingerprint density at radius 2 is 2.25 bits per heavy atom. The van der Waals surface area contributed by atoms with Crippen LogP contribution in [0.2, 0.25) is 5.15 Å². The van der Waals surface area contributed by atoms with Crippen molar-refractivity contribution in [2.24, 2.45) is 5.73 Å². The highest BCUT2D eigenvalue weighted by molar-refractivity contribution is 6.34. The van der Waals surface area contributed by atoms with Gasteiger partial charge in [0, 0.05) is 11.6 Å². The van der Waals surface area contributed by atoms with E-state index in [0.717, 1.165) is 5.39 Å². The highest BCUT2D eigenvalue weighted by atomic mass is 35.5. The maximum Gasteiger partial charge on any atom is 0.168 e. The van der Waals surface area contributed by atoms with Gasteiger partial charge in [-0.25, -0.2) is 9.97 Å². The van der Waals surface area contributed by atoms with E-state index in [-0.39, 0.29) is 0 Å². The van der Waals surface area contributed by atoms with E-state index in [2.05, 4.69) is 9.97 Å². The number of hydrogen-bond acceptors (Lipinski definition) is 4. The molecule has 2 N–H and O–H groups in total. The summed E-state index contributed by atoms with van der Waals surface area (Å²) in [5, 5.41) is 1.84. The molecule has 0 saturated heterocycles. The largest absolute Gasteiger partial charge is 0.405 e. The van der Waals surface area contributed by atoms with Crippen molar-refractivity contribution in [1.82, 2.24) is 9.97 Å². The second kappa shape index (κ2) is 4.28. The molecule has 2 rings (SSSR count). The van der Waals surface area contributed by atoms with Crippen molar-refractivity contribution < 1.29 is 4.79 Å². The Balaban J connectivity index is 2.87. The van der Waals surface area contributed by atoms with E-state index in [1.54, 1.807) is 24.4 Å². The van der Waals surface area contributed by atoms with Gasteiger partial charge < -0.3 is 5.73 Å². The Morgan fingerprint density at radius 1 is 1.44 bits per heavy atom. The monoisotopic (exact) mass is 233 g/mol. The molecule has 16 heavy (non-hydrogen) atoms. The average molecular weight is 234 g/mol. The number of aldehydes is 1. The lowest BCUT2D eigenvalue weighted by atomic mass is 10.1. The number of halogens is 1. The SMILES string of the molecule is N/C=C\c1nc(C=O)cc2ccnc(Cl)c12. The molecule has 0 aliphatic rings. The lowest BCUT2D eigenvalue weighted by molar-refractivity contribution is 0.111. The summed E-state index contributed by atoms with van der Waals surface area (Å²) in [6.45, 7) is 0. The summed E-state index contributed by atoms with van der Waals surface area (Å²) < 4.78 is 0. The summed E-state index contributed by atoms with van der Waals surface area (Å²) in [5.74, 6) is 0. The van der Waals surface area contributed by atoms with Gasteiger partial charge in [-0.3, -0.25) is 4.79 Å². The molecule has 2 heterocycles. The molecule has 0 unspecified atom stereocenters. The summed E-state index contributed by atoms with van der Waals surface area (Å²) in [4.78, 5) is 18.8. The van der Waals surface area contributed by atoms with Gasteiger partial charge >= 0.3 is 0 Å². The minimum absolute atomic E-state index is 0.336. The van der Waals surface area contributed by atoms with Crippen LogP contribution in [0.5, 0.6) is 0 Å². The normalized spacial score (nSPS) is 11.1. The van der Waals surface area contributed by atoms with Crippen molar-refractivity contribution in [1.29, 1.82) is 0 Å². The van der Waals surface area contributed by atoms with Crippen LogP contribution in [0.4, 0.5) is 0 Å². The molecule has 0 aliphatic heterocycles. The van der Waals surface area contributed by atoms with Crippen LogP contribution in [-0.2, 0) is 0 Å². The maximum absolute atomic E-state index is 10.7. The Morgan fingerprint density at radius 3 is 2.94 bits per heavy atom. The summed E-state index contributed by atoms with van der Waals surface area (Å²) >= 11 is 5.98. The van der Waals surface area contributed by atoms with Crippen molar-refractivity contribution in [2.75, 3.05) is 0 Å². The van der Waals surface area contributed by atoms with Crippen LogP contribution in [0.25, 0.3) is 16.8 Å². The molecule has 0 bridgehead atoms. The van der Waals surface area contributed by atoms with Crippen LogP contribution in [-0.4, -0.2) is 16.3 Å². The quantitative estimate of drug-likeness (QED) is 0.637. The summed E-state index contributed by atoms with van der Waals surface area (Å²) in [5.41, 5.74) is 6.20. The molecule has 2 aromatic heterocycles. The first-order chi connectivity index (χ1) is 7.76. The number of carbonyl (C=O) groups excluding carboxylic acids is 1. The van der Waals surface area contributed by atoms with Crippen molar-refractivity contribution in [2.45, 2.75) is 0 Å². The van der Waals surface area contributed by atoms with Gasteiger partial charge in [-0.2, -0.15) is 0 Å². The zero-order valence-electron chi connectivity index (χ0n) is 8.22. The highest BCUT2D eigenvalue weighted by Crippen LogP contribution is 2.25. The fraction of sp³-hybridized carbons (Fsp3) is 0. The number of fused-ring (bicyclic) bond motifs is 1. The predicted octanol–water partition coefficient (Wildman–Crippen LogP) is 2.03. The van der Waals surface area contributed by atoms with Crippen molar-refractivity contribution in [3.05, 3.63) is 41.1 Å². The number of rotatable bonds is 2. The van der Waals surface area contributed by atoms with Gasteiger partial charge in [0.15, 0.2) is 6.29 Å². The van der Waals surface area contributed by atoms with Crippen LogP contribution in [0.15, 0.2) is 24.5 Å². The highest BCUT2D eigenvalue weighted by Gasteiger charge is 2.07. The number of pyridine rings is 2. The Kier molecular flexibility index (Phi) is 2.83. The Bertz CT molecular complexity index is 581. The van der Waals surface area contributed by atoms with Crippen LogP contribution < -0.4 is 5.73 Å². The van der Waals surface area contributed by atoms with E-state index in [4.69, 9.17) is 17.3 Å². The van der Waals surface area contributed by atoms with Gasteiger partial charge in [0.1, 0.15) is 10.8 Å². The van der Waals surface area contributed by atoms with E-state index >= 15 is 0 Å². The van der Waals surface area contributed by atoms with Gasteiger partial charge in [-0.05, 0) is 29.8 Å². The van der Waals surface area contributed by atoms with E-state index in [1.165, 1.54) is 6.20 Å². The molecule has 0 atom stereocenters. The van der Waals surface area contributed by atoms with Gasteiger partial charge in [0.2, 0.25) is 0 Å². The first kappa shape index (κ1) is 10.6. The molecule has 0 aromatic carbocycles. The zero-order chi connectivity index (χ0) is 11.5. The third-order valence-electron chi connectivity index (χ3n) is 2.12. The third kappa shape index (κ3) is 1.75. The molecule has 80 valence electrons. The van der Waals surface area contributed by atoms with Gasteiger partial charge in [0.05, 0.1) is 5.69 Å². The van der Waals surface area contributed by atoms with E-state index in [1.807, 2.05) is 0 Å². The standard InChI is InChI=1S/C11H8ClN3O/c12-11-10-7(2-4-14-11)5-8(6-16)15-9(10)1-3-13/h1-6H,13H2/b3-1-. The second-order valence-electron chi connectivity index (χ2n) is 3.11. The first-order valence-corrected chi connectivity index (χ1v) is 4.93. The molecular formula is C11H8ClN3O. The van der Waals surface area contributed by atoms with Crippen LogP contribution >= 0.6 is 11.6 Å². The molecule has 0 amide bonds. The molecule has 0 radical (unpaired) electrons. The second-order valence-corrected chi connectivity index (χ2v) is 3.47. The van der Waals surface area contributed by atoms with Crippen molar-refractivity contribution in [3.8, 4) is 0 Å². The number of carbonyl (C=O) groups is 1. The minimum atomic E-state index is 0.336. The fourth-order valence-corrected chi connectivity index (χ4v) is 1.74. The van der Waals surface area contributed by atoms with E-state index < -0.39 is 0 Å². The number of nitrogens with zero attached hydrogens (tertiary/aromatic N) is 2. The van der Waals surface area contributed by atoms with Crippen molar-refractivity contribution >= 4 is 34.7 Å². The number of nitrogens with two attached hydrogens (primary N) is 1. The van der Waals surface area contributed by atoms with Crippen LogP contribution in [0.1, 0.15) is 16.2 Å². The average Bonchev–Trinajstić information content (AvgIpc) is 2.29. The van der Waals surface area contributed by atoms with Gasteiger partial charge in [0.25, 0.3) is 0 Å². The lowest BCUT2D eigenvalue weighted by Crippen LogP contribution is -1.94. The Labute approximate surface area is 96.8 Å². The van der Waals surface area contributed by atoms with Crippen molar-refractivity contribution in [3.63, 3.8) is 0 Å². The summed E-state index contributed by atoms with van der Waals surface area (Å²) in [6, 6.07) is 3.42. The number of aromatic nitrogens is 2. The lowest BCUT2D eigenvalue weighted by Gasteiger charge is -2.04.